The molecule has 3 heteroatoms. The van der Waals surface area contributed by atoms with E-state index in [-0.39, 0.29) is 0 Å². The average molecular weight is 273 g/mol. The molecule has 2 aromatic carbocycles. The van der Waals surface area contributed by atoms with Crippen LogP contribution in [0.1, 0.15) is 23.5 Å². The second kappa shape index (κ2) is 3.98. The van der Waals surface area contributed by atoms with Gasteiger partial charge in [0.15, 0.2) is 0 Å². The van der Waals surface area contributed by atoms with Crippen LogP contribution in [0.25, 0.3) is 10.9 Å². The minimum absolute atomic E-state index is 0.450. The normalized spacial score (nSPS) is 18.4. The summed E-state index contributed by atoms with van der Waals surface area (Å²) in [5.74, 6) is 1.46. The number of rotatable bonds is 0. The van der Waals surface area contributed by atoms with E-state index in [0.29, 0.717) is 5.92 Å². The number of fused-ring (bicyclic) bond motifs is 4. The van der Waals surface area contributed by atoms with Crippen LogP contribution in [-0.2, 0) is 0 Å². The molecule has 1 atom stereocenters. The Kier molecular flexibility index (Phi) is 2.11. The number of aromatic nitrogens is 1. The second-order valence-corrected chi connectivity index (χ2v) is 5.75. The third-order valence-corrected chi connectivity index (χ3v) is 4.60. The van der Waals surface area contributed by atoms with Gasteiger partial charge in [-0.1, -0.05) is 36.4 Å². The van der Waals surface area contributed by atoms with Crippen molar-refractivity contribution in [1.82, 2.24) is 4.98 Å². The van der Waals surface area contributed by atoms with Crippen LogP contribution in [0.5, 0.6) is 0 Å². The molecular formula is C18H15N3. The topological polar surface area (TPSA) is 37.0 Å². The van der Waals surface area contributed by atoms with Crippen molar-refractivity contribution in [3.8, 4) is 0 Å². The molecule has 3 nitrogen and oxygen atoms in total. The molecule has 1 aromatic heterocycles. The van der Waals surface area contributed by atoms with E-state index in [1.807, 2.05) is 6.07 Å². The third-order valence-electron chi connectivity index (χ3n) is 4.60. The molecule has 2 N–H and O–H groups in total. The summed E-state index contributed by atoms with van der Waals surface area (Å²) in [6, 6.07) is 17.0. The number of hydrogen-bond acceptors (Lipinski definition) is 3. The van der Waals surface area contributed by atoms with Crippen LogP contribution in [0.4, 0.5) is 17.2 Å². The smallest absolute Gasteiger partial charge is 0.137 e. The van der Waals surface area contributed by atoms with Crippen LogP contribution in [-0.4, -0.2) is 11.5 Å². The van der Waals surface area contributed by atoms with Crippen molar-refractivity contribution in [2.24, 2.45) is 0 Å². The van der Waals surface area contributed by atoms with Gasteiger partial charge in [-0.15, -0.1) is 0 Å². The summed E-state index contributed by atoms with van der Waals surface area (Å²) in [4.78, 5) is 4.86. The molecule has 102 valence electrons. The van der Waals surface area contributed by atoms with Gasteiger partial charge < -0.3 is 10.6 Å². The predicted octanol–water partition coefficient (Wildman–Crippen LogP) is 4.24. The fourth-order valence-corrected chi connectivity index (χ4v) is 3.69. The highest BCUT2D eigenvalue weighted by Crippen LogP contribution is 2.49. The Bertz CT molecular complexity index is 869. The van der Waals surface area contributed by atoms with Gasteiger partial charge >= 0.3 is 0 Å². The van der Waals surface area contributed by atoms with Crippen molar-refractivity contribution in [3.63, 3.8) is 0 Å². The molecule has 0 radical (unpaired) electrons. The van der Waals surface area contributed by atoms with Gasteiger partial charge in [-0.2, -0.15) is 0 Å². The number of pyridine rings is 1. The van der Waals surface area contributed by atoms with Crippen molar-refractivity contribution >= 4 is 28.1 Å². The van der Waals surface area contributed by atoms with Crippen LogP contribution in [0.15, 0.2) is 48.5 Å². The van der Waals surface area contributed by atoms with E-state index in [2.05, 4.69) is 53.1 Å². The van der Waals surface area contributed by atoms with Crippen molar-refractivity contribution in [2.45, 2.75) is 12.3 Å². The Labute approximate surface area is 123 Å². The van der Waals surface area contributed by atoms with Crippen LogP contribution in [0.2, 0.25) is 0 Å². The molecule has 0 fully saturated rings. The lowest BCUT2D eigenvalue weighted by Gasteiger charge is -2.34. The van der Waals surface area contributed by atoms with Crippen molar-refractivity contribution in [2.75, 3.05) is 17.2 Å². The van der Waals surface area contributed by atoms with Crippen LogP contribution in [0.3, 0.4) is 0 Å². The molecule has 0 saturated carbocycles. The van der Waals surface area contributed by atoms with E-state index >= 15 is 0 Å². The first-order chi connectivity index (χ1) is 10.4. The molecule has 0 amide bonds. The lowest BCUT2D eigenvalue weighted by atomic mass is 9.81. The fraction of sp³-hybridized carbons (Fsp3) is 0.167. The molecule has 21 heavy (non-hydrogen) atoms. The Morgan fingerprint density at radius 2 is 1.86 bits per heavy atom. The highest BCUT2D eigenvalue weighted by Gasteiger charge is 2.32. The molecular weight excluding hydrogens is 258 g/mol. The molecule has 3 aromatic rings. The highest BCUT2D eigenvalue weighted by molar-refractivity contribution is 5.98. The van der Waals surface area contributed by atoms with Gasteiger partial charge in [0, 0.05) is 29.1 Å². The number of anilines is 3. The lowest BCUT2D eigenvalue weighted by Crippen LogP contribution is -2.23. The Hall–Kier alpha value is -2.55. The zero-order chi connectivity index (χ0) is 13.8. The largest absolute Gasteiger partial charge is 0.384 e. The first-order valence-corrected chi connectivity index (χ1v) is 7.44. The van der Waals surface area contributed by atoms with Crippen molar-refractivity contribution in [3.05, 3.63) is 59.7 Å². The van der Waals surface area contributed by atoms with Gasteiger partial charge in [0.1, 0.15) is 5.82 Å². The Morgan fingerprint density at radius 1 is 1.00 bits per heavy atom. The summed E-state index contributed by atoms with van der Waals surface area (Å²) in [7, 11) is 0. The molecule has 5 rings (SSSR count). The van der Waals surface area contributed by atoms with E-state index < -0.39 is 0 Å². The van der Waals surface area contributed by atoms with Crippen LogP contribution in [0, 0.1) is 0 Å². The van der Waals surface area contributed by atoms with Gasteiger partial charge in [-0.3, -0.25) is 0 Å². The maximum absolute atomic E-state index is 4.86. The maximum atomic E-state index is 4.86. The first-order valence-electron chi connectivity index (χ1n) is 7.44. The van der Waals surface area contributed by atoms with Crippen molar-refractivity contribution < 1.29 is 0 Å². The van der Waals surface area contributed by atoms with Crippen LogP contribution < -0.4 is 10.6 Å². The SMILES string of the molecule is c1ccc2c(c1)Nc1nc3ccccc3c3c1[C@H]2CCN3. The van der Waals surface area contributed by atoms with Gasteiger partial charge in [0.2, 0.25) is 0 Å². The lowest BCUT2D eigenvalue weighted by molar-refractivity contribution is 0.716. The van der Waals surface area contributed by atoms with E-state index in [9.17, 15) is 0 Å². The number of hydrogen-bond donors (Lipinski definition) is 2. The summed E-state index contributed by atoms with van der Waals surface area (Å²) in [5.41, 5.74) is 6.23. The van der Waals surface area contributed by atoms with E-state index in [0.717, 1.165) is 24.3 Å². The monoisotopic (exact) mass is 273 g/mol. The summed E-state index contributed by atoms with van der Waals surface area (Å²) >= 11 is 0. The molecule has 3 heterocycles. The Morgan fingerprint density at radius 3 is 2.86 bits per heavy atom. The molecule has 0 bridgehead atoms. The molecule has 0 spiro atoms. The number of nitrogens with zero attached hydrogens (tertiary/aromatic N) is 1. The van der Waals surface area contributed by atoms with Gasteiger partial charge in [-0.25, -0.2) is 4.98 Å². The number of para-hydroxylation sites is 2. The van der Waals surface area contributed by atoms with Gasteiger partial charge in [0.25, 0.3) is 0 Å². The van der Waals surface area contributed by atoms with Crippen molar-refractivity contribution in [1.29, 1.82) is 0 Å². The minimum atomic E-state index is 0.450. The van der Waals surface area contributed by atoms with Crippen LogP contribution >= 0.6 is 0 Å². The van der Waals surface area contributed by atoms with E-state index in [1.165, 1.54) is 27.9 Å². The molecule has 0 unspecified atom stereocenters. The summed E-state index contributed by atoms with van der Waals surface area (Å²) in [6.45, 7) is 1.01. The maximum Gasteiger partial charge on any atom is 0.137 e. The first kappa shape index (κ1) is 11.1. The third kappa shape index (κ3) is 1.46. The fourth-order valence-electron chi connectivity index (χ4n) is 3.69. The standard InChI is InChI=1S/C18H15N3/c1-3-7-14-11(5-1)12-9-10-19-17-13-6-2-4-8-15(13)21-18(20-14)16(12)17/h1-8,12,19H,9-10H2,(H,20,21)/t12-/m0/s1. The Balaban J connectivity index is 1.87. The quantitative estimate of drug-likeness (QED) is 0.643. The summed E-state index contributed by atoms with van der Waals surface area (Å²) in [5, 5.41) is 8.34. The molecule has 2 aliphatic heterocycles. The van der Waals surface area contributed by atoms with Gasteiger partial charge in [-0.05, 0) is 24.1 Å². The molecule has 2 aliphatic rings. The summed E-state index contributed by atoms with van der Waals surface area (Å²) < 4.78 is 0. The number of benzene rings is 2. The summed E-state index contributed by atoms with van der Waals surface area (Å²) in [6.07, 6.45) is 1.12. The highest BCUT2D eigenvalue weighted by atomic mass is 15.0. The van der Waals surface area contributed by atoms with Gasteiger partial charge in [0.05, 0.1) is 11.2 Å². The zero-order valence-corrected chi connectivity index (χ0v) is 11.6. The minimum Gasteiger partial charge on any atom is -0.384 e. The number of nitrogens with one attached hydrogen (secondary N) is 2. The predicted molar refractivity (Wildman–Crippen MR) is 86.4 cm³/mol. The average Bonchev–Trinajstić information content (AvgIpc) is 2.55. The van der Waals surface area contributed by atoms with E-state index in [1.54, 1.807) is 0 Å². The molecule has 0 saturated heterocycles. The zero-order valence-electron chi connectivity index (χ0n) is 11.6. The molecule has 0 aliphatic carbocycles. The van der Waals surface area contributed by atoms with E-state index in [4.69, 9.17) is 4.98 Å². The second-order valence-electron chi connectivity index (χ2n) is 5.75.